The van der Waals surface area contributed by atoms with Gasteiger partial charge in [-0.15, -0.1) is 0 Å². The van der Waals surface area contributed by atoms with Crippen LogP contribution in [0.2, 0.25) is 5.02 Å². The van der Waals surface area contributed by atoms with Crippen LogP contribution < -0.4 is 9.64 Å². The molecular formula is C28H26ClNO5. The summed E-state index contributed by atoms with van der Waals surface area (Å²) in [6.45, 7) is 3.88. The molecule has 0 saturated carbocycles. The van der Waals surface area contributed by atoms with Gasteiger partial charge >= 0.3 is 0 Å². The summed E-state index contributed by atoms with van der Waals surface area (Å²) < 4.78 is 5.54. The summed E-state index contributed by atoms with van der Waals surface area (Å²) in [7, 11) is 0. The van der Waals surface area contributed by atoms with Crippen LogP contribution in [0.25, 0.3) is 0 Å². The number of hydrogen-bond acceptors (Lipinski definition) is 5. The highest BCUT2D eigenvalue weighted by atomic mass is 35.5. The maximum atomic E-state index is 13.5. The van der Waals surface area contributed by atoms with E-state index in [-0.39, 0.29) is 29.3 Å². The molecule has 1 unspecified atom stereocenters. The molecule has 1 aliphatic heterocycles. The Labute approximate surface area is 209 Å². The lowest BCUT2D eigenvalue weighted by atomic mass is 9.92. The van der Waals surface area contributed by atoms with Gasteiger partial charge in [0.15, 0.2) is 23.0 Å². The van der Waals surface area contributed by atoms with E-state index in [1.807, 2.05) is 30.3 Å². The Morgan fingerprint density at radius 2 is 1.80 bits per heavy atom. The first-order chi connectivity index (χ1) is 16.8. The Hall–Kier alpha value is -3.77. The summed E-state index contributed by atoms with van der Waals surface area (Å²) in [5.41, 5.74) is 2.63. The number of carbonyl (C=O) groups is 2. The van der Waals surface area contributed by atoms with Crippen LogP contribution in [0.4, 0.5) is 5.69 Å². The third kappa shape index (κ3) is 4.75. The molecule has 4 rings (SSSR count). The molecule has 1 aliphatic rings. The van der Waals surface area contributed by atoms with Gasteiger partial charge in [-0.3, -0.25) is 14.5 Å². The van der Waals surface area contributed by atoms with E-state index in [1.54, 1.807) is 44.2 Å². The molecule has 3 aromatic rings. The van der Waals surface area contributed by atoms with Crippen molar-refractivity contribution in [2.75, 3.05) is 11.5 Å². The molecule has 1 amide bonds. The van der Waals surface area contributed by atoms with Crippen LogP contribution in [0.3, 0.4) is 0 Å². The number of phenolic OH excluding ortho intramolecular Hbond substituents is 1. The van der Waals surface area contributed by atoms with Crippen molar-refractivity contribution in [2.24, 2.45) is 0 Å². The summed E-state index contributed by atoms with van der Waals surface area (Å²) in [6.07, 6.45) is 0.583. The zero-order valence-electron chi connectivity index (χ0n) is 19.5. The molecule has 180 valence electrons. The minimum absolute atomic E-state index is 0.0124. The van der Waals surface area contributed by atoms with Crippen molar-refractivity contribution in [3.8, 4) is 11.5 Å². The molecular weight excluding hydrogens is 466 g/mol. The number of hydrogen-bond donors (Lipinski definition) is 2. The van der Waals surface area contributed by atoms with Crippen LogP contribution >= 0.6 is 11.6 Å². The van der Waals surface area contributed by atoms with Gasteiger partial charge in [0.25, 0.3) is 5.91 Å². The number of ether oxygens (including phenoxy) is 1. The van der Waals surface area contributed by atoms with Gasteiger partial charge in [-0.25, -0.2) is 0 Å². The summed E-state index contributed by atoms with van der Waals surface area (Å²) in [6, 6.07) is 18.4. The maximum absolute atomic E-state index is 13.5. The predicted octanol–water partition coefficient (Wildman–Crippen LogP) is 5.85. The molecule has 7 heteroatoms. The number of aryl methyl sites for hydroxylation is 1. The Morgan fingerprint density at radius 3 is 2.51 bits per heavy atom. The zero-order chi connectivity index (χ0) is 25.1. The van der Waals surface area contributed by atoms with Crippen LogP contribution in [-0.2, 0) is 16.0 Å². The van der Waals surface area contributed by atoms with Crippen molar-refractivity contribution in [3.63, 3.8) is 0 Å². The van der Waals surface area contributed by atoms with Crippen molar-refractivity contribution in [1.82, 2.24) is 0 Å². The van der Waals surface area contributed by atoms with Crippen molar-refractivity contribution in [1.29, 1.82) is 0 Å². The van der Waals surface area contributed by atoms with Crippen LogP contribution in [0.15, 0.2) is 78.1 Å². The second-order valence-corrected chi connectivity index (χ2v) is 8.70. The number of carbonyl (C=O) groups excluding carboxylic acids is 2. The molecule has 0 fully saturated rings. The second-order valence-electron chi connectivity index (χ2n) is 8.29. The number of Topliss-reactive ketones (excluding diaryl/α,β-unsaturated/α-hetero) is 1. The summed E-state index contributed by atoms with van der Waals surface area (Å²) >= 11 is 6.34. The van der Waals surface area contributed by atoms with Crippen LogP contribution in [0.1, 0.15) is 36.1 Å². The molecule has 35 heavy (non-hydrogen) atoms. The van der Waals surface area contributed by atoms with Crippen molar-refractivity contribution in [3.05, 3.63) is 99.8 Å². The number of aromatic hydroxyl groups is 1. The first-order valence-corrected chi connectivity index (χ1v) is 11.8. The molecule has 0 spiro atoms. The molecule has 0 aliphatic carbocycles. The molecule has 0 saturated heterocycles. The summed E-state index contributed by atoms with van der Waals surface area (Å²) in [5, 5.41) is 21.6. The summed E-state index contributed by atoms with van der Waals surface area (Å²) in [5.74, 6) is -1.44. The average Bonchev–Trinajstić information content (AvgIpc) is 3.12. The van der Waals surface area contributed by atoms with Crippen molar-refractivity contribution >= 4 is 29.0 Å². The van der Waals surface area contributed by atoms with Gasteiger partial charge in [0.05, 0.1) is 18.2 Å². The van der Waals surface area contributed by atoms with E-state index in [2.05, 4.69) is 0 Å². The highest BCUT2D eigenvalue weighted by Crippen LogP contribution is 2.45. The number of amides is 1. The third-order valence-corrected chi connectivity index (χ3v) is 6.50. The van der Waals surface area contributed by atoms with E-state index in [1.165, 1.54) is 11.0 Å². The normalized spacial score (nSPS) is 15.6. The molecule has 1 heterocycles. The minimum atomic E-state index is -0.914. The molecule has 0 radical (unpaired) electrons. The second kappa shape index (κ2) is 10.2. The van der Waals surface area contributed by atoms with Gasteiger partial charge in [0.2, 0.25) is 0 Å². The van der Waals surface area contributed by atoms with Crippen molar-refractivity contribution < 1.29 is 24.5 Å². The predicted molar refractivity (Wildman–Crippen MR) is 135 cm³/mol. The number of phenols is 1. The van der Waals surface area contributed by atoms with E-state index >= 15 is 0 Å². The number of aliphatic hydroxyl groups is 1. The topological polar surface area (TPSA) is 87.1 Å². The minimum Gasteiger partial charge on any atom is -0.504 e. The fraction of sp³-hybridized carbons (Fsp3) is 0.214. The smallest absolute Gasteiger partial charge is 0.294 e. The number of aliphatic hydroxyl groups excluding tert-OH is 1. The lowest BCUT2D eigenvalue weighted by Gasteiger charge is -2.29. The molecule has 0 aromatic heterocycles. The average molecular weight is 492 g/mol. The fourth-order valence-corrected chi connectivity index (χ4v) is 4.49. The molecule has 0 bridgehead atoms. The summed E-state index contributed by atoms with van der Waals surface area (Å²) in [4.78, 5) is 28.2. The highest BCUT2D eigenvalue weighted by Gasteiger charge is 2.44. The van der Waals surface area contributed by atoms with E-state index < -0.39 is 17.7 Å². The van der Waals surface area contributed by atoms with Gasteiger partial charge in [0, 0.05) is 17.1 Å². The van der Waals surface area contributed by atoms with Crippen LogP contribution in [-0.4, -0.2) is 28.5 Å². The Morgan fingerprint density at radius 1 is 1.06 bits per heavy atom. The Balaban J connectivity index is 1.80. The molecule has 2 N–H and O–H groups in total. The quantitative estimate of drug-likeness (QED) is 0.412. The van der Waals surface area contributed by atoms with E-state index in [4.69, 9.17) is 16.3 Å². The fourth-order valence-electron chi connectivity index (χ4n) is 4.32. The number of nitrogens with zero attached hydrogens (tertiary/aromatic N) is 1. The molecule has 6 nitrogen and oxygen atoms in total. The van der Waals surface area contributed by atoms with Crippen LogP contribution in [0, 0.1) is 6.92 Å². The van der Waals surface area contributed by atoms with E-state index in [0.29, 0.717) is 34.9 Å². The number of benzene rings is 3. The first kappa shape index (κ1) is 24.4. The lowest BCUT2D eigenvalue weighted by Crippen LogP contribution is -2.31. The van der Waals surface area contributed by atoms with E-state index in [0.717, 1.165) is 5.56 Å². The number of rotatable bonds is 8. The first-order valence-electron chi connectivity index (χ1n) is 11.4. The van der Waals surface area contributed by atoms with Gasteiger partial charge < -0.3 is 14.9 Å². The monoisotopic (exact) mass is 491 g/mol. The zero-order valence-corrected chi connectivity index (χ0v) is 20.2. The number of halogens is 1. The lowest BCUT2D eigenvalue weighted by molar-refractivity contribution is -0.118. The maximum Gasteiger partial charge on any atom is 0.294 e. The van der Waals surface area contributed by atoms with E-state index in [9.17, 15) is 19.8 Å². The Bertz CT molecular complexity index is 1300. The number of ketones is 1. The molecule has 1 atom stereocenters. The standard InChI is InChI=1S/C28H26ClNO5/c1-3-35-24-16-19(13-15-22(24)31)26-25(23(32)14-12-18-8-5-4-6-9-18)27(33)28(34)30(26)21-11-7-10-20(29)17(21)2/h4-11,13,15-16,26,31,33H,3,12,14H2,1-2H3. The highest BCUT2D eigenvalue weighted by molar-refractivity contribution is 6.32. The van der Waals surface area contributed by atoms with Gasteiger partial charge in [0.1, 0.15) is 0 Å². The van der Waals surface area contributed by atoms with Gasteiger partial charge in [-0.1, -0.05) is 54.1 Å². The largest absolute Gasteiger partial charge is 0.504 e. The SMILES string of the molecule is CCOc1cc(C2C(C(=O)CCc3ccccc3)=C(O)C(=O)N2c2cccc(Cl)c2C)ccc1O. The Kier molecular flexibility index (Phi) is 7.12. The number of anilines is 1. The van der Waals surface area contributed by atoms with Gasteiger partial charge in [-0.05, 0) is 61.2 Å². The molecule has 3 aromatic carbocycles. The van der Waals surface area contributed by atoms with Crippen LogP contribution in [0.5, 0.6) is 11.5 Å². The van der Waals surface area contributed by atoms with Gasteiger partial charge in [-0.2, -0.15) is 0 Å². The van der Waals surface area contributed by atoms with Crippen molar-refractivity contribution in [2.45, 2.75) is 32.7 Å². The third-order valence-electron chi connectivity index (χ3n) is 6.09.